The Hall–Kier alpha value is -1.40. The summed E-state index contributed by atoms with van der Waals surface area (Å²) in [5.41, 5.74) is 0. The van der Waals surface area contributed by atoms with Crippen LogP contribution in [0.5, 0.6) is 0 Å². The molecule has 2 atom stereocenters. The van der Waals surface area contributed by atoms with Gasteiger partial charge in [0.05, 0.1) is 12.1 Å². The lowest BCUT2D eigenvalue weighted by Gasteiger charge is -2.09. The fourth-order valence-electron chi connectivity index (χ4n) is 1.66. The van der Waals surface area contributed by atoms with E-state index >= 15 is 0 Å². The van der Waals surface area contributed by atoms with Gasteiger partial charge in [-0.15, -0.1) is 16.4 Å². The molecule has 2 N–H and O–H groups in total. The van der Waals surface area contributed by atoms with Crippen molar-refractivity contribution in [3.8, 4) is 0 Å². The maximum absolute atomic E-state index is 5.58. The number of nitrogens with zero attached hydrogens (tertiary/aromatic N) is 2. The van der Waals surface area contributed by atoms with Crippen LogP contribution < -0.4 is 10.6 Å². The van der Waals surface area contributed by atoms with Gasteiger partial charge in [0, 0.05) is 4.88 Å². The van der Waals surface area contributed by atoms with Gasteiger partial charge in [-0.2, -0.15) is 0 Å². The number of thiophene rings is 1. The Labute approximate surface area is 111 Å². The van der Waals surface area contributed by atoms with Crippen molar-refractivity contribution in [2.75, 3.05) is 11.9 Å². The number of rotatable bonds is 6. The van der Waals surface area contributed by atoms with Crippen molar-refractivity contribution in [3.63, 3.8) is 0 Å². The van der Waals surface area contributed by atoms with Crippen molar-refractivity contribution >= 4 is 17.4 Å². The Bertz CT molecular complexity index is 468. The van der Waals surface area contributed by atoms with Gasteiger partial charge in [0.25, 0.3) is 0 Å². The number of anilines is 1. The molecular formula is C12H18N4OS. The third kappa shape index (κ3) is 3.08. The van der Waals surface area contributed by atoms with E-state index < -0.39 is 0 Å². The summed E-state index contributed by atoms with van der Waals surface area (Å²) in [5.74, 6) is 0.609. The molecule has 2 heterocycles. The molecule has 0 saturated carbocycles. The predicted octanol–water partition coefficient (Wildman–Crippen LogP) is 2.97. The molecule has 18 heavy (non-hydrogen) atoms. The highest BCUT2D eigenvalue weighted by Crippen LogP contribution is 2.23. The van der Waals surface area contributed by atoms with Gasteiger partial charge < -0.3 is 15.1 Å². The third-order valence-corrected chi connectivity index (χ3v) is 3.69. The van der Waals surface area contributed by atoms with Crippen LogP contribution in [0.2, 0.25) is 0 Å². The smallest absolute Gasteiger partial charge is 0.316 e. The van der Waals surface area contributed by atoms with Crippen LogP contribution in [-0.4, -0.2) is 16.7 Å². The van der Waals surface area contributed by atoms with E-state index in [1.165, 1.54) is 4.88 Å². The van der Waals surface area contributed by atoms with Gasteiger partial charge in [0.15, 0.2) is 0 Å². The summed E-state index contributed by atoms with van der Waals surface area (Å²) in [6, 6.07) is 4.84. The molecule has 0 radical (unpaired) electrons. The lowest BCUT2D eigenvalue weighted by Crippen LogP contribution is -2.17. The van der Waals surface area contributed by atoms with Gasteiger partial charge in [-0.25, -0.2) is 0 Å². The normalized spacial score (nSPS) is 14.4. The summed E-state index contributed by atoms with van der Waals surface area (Å²) in [7, 11) is 0. The Morgan fingerprint density at radius 1 is 1.33 bits per heavy atom. The SMILES string of the molecule is CCNC(C)c1nnc(NC(C)c2cccs2)o1. The van der Waals surface area contributed by atoms with Crippen LogP contribution in [0.25, 0.3) is 0 Å². The minimum Gasteiger partial charge on any atom is -0.406 e. The molecule has 2 unspecified atom stereocenters. The zero-order chi connectivity index (χ0) is 13.0. The molecule has 0 aliphatic carbocycles. The van der Waals surface area contributed by atoms with E-state index in [2.05, 4.69) is 39.2 Å². The molecular weight excluding hydrogens is 248 g/mol. The Balaban J connectivity index is 1.98. The summed E-state index contributed by atoms with van der Waals surface area (Å²) in [5, 5.41) is 16.5. The number of aromatic nitrogens is 2. The highest BCUT2D eigenvalue weighted by atomic mass is 32.1. The van der Waals surface area contributed by atoms with Crippen LogP contribution in [0.4, 0.5) is 6.01 Å². The first kappa shape index (κ1) is 13.0. The second kappa shape index (κ2) is 5.97. The van der Waals surface area contributed by atoms with Crippen LogP contribution in [0.1, 0.15) is 43.6 Å². The zero-order valence-electron chi connectivity index (χ0n) is 10.8. The van der Waals surface area contributed by atoms with E-state index in [1.807, 2.05) is 19.9 Å². The van der Waals surface area contributed by atoms with E-state index in [0.717, 1.165) is 6.54 Å². The molecule has 5 nitrogen and oxygen atoms in total. The quantitative estimate of drug-likeness (QED) is 0.841. The molecule has 0 saturated heterocycles. The summed E-state index contributed by atoms with van der Waals surface area (Å²) >= 11 is 1.71. The van der Waals surface area contributed by atoms with Crippen molar-refractivity contribution in [1.82, 2.24) is 15.5 Å². The van der Waals surface area contributed by atoms with Crippen molar-refractivity contribution < 1.29 is 4.42 Å². The van der Waals surface area contributed by atoms with Gasteiger partial charge in [0.2, 0.25) is 5.89 Å². The predicted molar refractivity (Wildman–Crippen MR) is 72.7 cm³/mol. The zero-order valence-corrected chi connectivity index (χ0v) is 11.6. The monoisotopic (exact) mass is 266 g/mol. The standard InChI is InChI=1S/C12H18N4OS/c1-4-13-9(3)11-15-16-12(17-11)14-8(2)10-6-5-7-18-10/h5-9,13H,4H2,1-3H3,(H,14,16). The van der Waals surface area contributed by atoms with Crippen molar-refractivity contribution in [2.45, 2.75) is 32.9 Å². The minimum atomic E-state index is 0.0788. The second-order valence-electron chi connectivity index (χ2n) is 4.11. The van der Waals surface area contributed by atoms with Gasteiger partial charge in [-0.3, -0.25) is 0 Å². The molecule has 2 aromatic heterocycles. The Kier molecular flexibility index (Phi) is 4.33. The molecule has 0 fully saturated rings. The van der Waals surface area contributed by atoms with Crippen LogP contribution >= 0.6 is 11.3 Å². The van der Waals surface area contributed by atoms with Crippen molar-refractivity contribution in [2.24, 2.45) is 0 Å². The van der Waals surface area contributed by atoms with Gasteiger partial charge in [0.1, 0.15) is 0 Å². The molecule has 2 rings (SSSR count). The lowest BCUT2D eigenvalue weighted by atomic mass is 10.3. The van der Waals surface area contributed by atoms with E-state index in [-0.39, 0.29) is 12.1 Å². The van der Waals surface area contributed by atoms with Crippen molar-refractivity contribution in [1.29, 1.82) is 0 Å². The molecule has 2 aromatic rings. The molecule has 0 spiro atoms. The fourth-order valence-corrected chi connectivity index (χ4v) is 2.39. The number of hydrogen-bond donors (Lipinski definition) is 2. The second-order valence-corrected chi connectivity index (χ2v) is 5.09. The molecule has 0 bridgehead atoms. The number of hydrogen-bond acceptors (Lipinski definition) is 6. The molecule has 0 amide bonds. The van der Waals surface area contributed by atoms with Gasteiger partial charge in [-0.05, 0) is 31.8 Å². The summed E-state index contributed by atoms with van der Waals surface area (Å²) in [4.78, 5) is 1.24. The topological polar surface area (TPSA) is 63.0 Å². The summed E-state index contributed by atoms with van der Waals surface area (Å²) < 4.78 is 5.58. The molecule has 0 aliphatic rings. The fraction of sp³-hybridized carbons (Fsp3) is 0.500. The Morgan fingerprint density at radius 3 is 2.83 bits per heavy atom. The molecule has 98 valence electrons. The van der Waals surface area contributed by atoms with E-state index in [4.69, 9.17) is 4.42 Å². The third-order valence-electron chi connectivity index (χ3n) is 2.63. The first-order chi connectivity index (χ1) is 8.70. The summed E-state index contributed by atoms with van der Waals surface area (Å²) in [6.45, 7) is 7.00. The lowest BCUT2D eigenvalue weighted by molar-refractivity contribution is 0.427. The van der Waals surface area contributed by atoms with Crippen LogP contribution in [0.15, 0.2) is 21.9 Å². The van der Waals surface area contributed by atoms with Crippen LogP contribution in [-0.2, 0) is 0 Å². The Morgan fingerprint density at radius 2 is 2.17 bits per heavy atom. The van der Waals surface area contributed by atoms with Crippen LogP contribution in [0, 0.1) is 0 Å². The van der Waals surface area contributed by atoms with Gasteiger partial charge in [-0.1, -0.05) is 18.1 Å². The highest BCUT2D eigenvalue weighted by molar-refractivity contribution is 7.10. The first-order valence-electron chi connectivity index (χ1n) is 6.07. The minimum absolute atomic E-state index is 0.0788. The van der Waals surface area contributed by atoms with Gasteiger partial charge >= 0.3 is 6.01 Å². The first-order valence-corrected chi connectivity index (χ1v) is 6.95. The molecule has 6 heteroatoms. The maximum atomic E-state index is 5.58. The van der Waals surface area contributed by atoms with E-state index in [9.17, 15) is 0 Å². The van der Waals surface area contributed by atoms with E-state index in [1.54, 1.807) is 11.3 Å². The average molecular weight is 266 g/mol. The molecule has 0 aliphatic heterocycles. The number of nitrogens with one attached hydrogen (secondary N) is 2. The largest absolute Gasteiger partial charge is 0.406 e. The van der Waals surface area contributed by atoms with Crippen molar-refractivity contribution in [3.05, 3.63) is 28.3 Å². The highest BCUT2D eigenvalue weighted by Gasteiger charge is 2.14. The maximum Gasteiger partial charge on any atom is 0.316 e. The van der Waals surface area contributed by atoms with Crippen LogP contribution in [0.3, 0.4) is 0 Å². The molecule has 0 aromatic carbocycles. The average Bonchev–Trinajstić information content (AvgIpc) is 2.99. The summed E-state index contributed by atoms with van der Waals surface area (Å²) in [6.07, 6.45) is 0. The van der Waals surface area contributed by atoms with E-state index in [0.29, 0.717) is 11.9 Å².